The summed E-state index contributed by atoms with van der Waals surface area (Å²) in [5.74, 6) is -0.513. The Balaban J connectivity index is 1.50. The van der Waals surface area contributed by atoms with Gasteiger partial charge in [-0.15, -0.1) is 0 Å². The smallest absolute Gasteiger partial charge is 0.273 e. The van der Waals surface area contributed by atoms with Crippen molar-refractivity contribution in [1.82, 2.24) is 9.88 Å². The van der Waals surface area contributed by atoms with Crippen molar-refractivity contribution in [1.29, 1.82) is 0 Å². The van der Waals surface area contributed by atoms with E-state index in [9.17, 15) is 19.7 Å². The average molecular weight is 399 g/mol. The van der Waals surface area contributed by atoms with Crippen LogP contribution in [0, 0.1) is 10.1 Å². The standard InChI is InChI=1S/C22H13N3O5/c26-21-16-8-6-14(20-23-18-9-7-15(25(28)29)11-19(18)30-20)10-17(16)22(27)24(21)12-13-4-2-1-3-5-13/h1-11H,12H2. The average Bonchev–Trinajstić information content (AvgIpc) is 3.29. The van der Waals surface area contributed by atoms with E-state index < -0.39 is 4.92 Å². The molecule has 8 heteroatoms. The summed E-state index contributed by atoms with van der Waals surface area (Å²) in [6.45, 7) is 0.190. The van der Waals surface area contributed by atoms with Gasteiger partial charge in [0.25, 0.3) is 17.5 Å². The zero-order chi connectivity index (χ0) is 20.8. The van der Waals surface area contributed by atoms with Crippen LogP contribution in [0.4, 0.5) is 5.69 Å². The number of fused-ring (bicyclic) bond motifs is 2. The fourth-order valence-electron chi connectivity index (χ4n) is 3.48. The molecule has 0 saturated heterocycles. The molecule has 0 radical (unpaired) electrons. The van der Waals surface area contributed by atoms with Gasteiger partial charge in [-0.2, -0.15) is 0 Å². The number of carbonyl (C=O) groups is 2. The Morgan fingerprint density at radius 2 is 1.70 bits per heavy atom. The van der Waals surface area contributed by atoms with Crippen LogP contribution in [0.1, 0.15) is 26.3 Å². The zero-order valence-electron chi connectivity index (χ0n) is 15.4. The summed E-state index contributed by atoms with van der Waals surface area (Å²) in [4.78, 5) is 41.6. The molecule has 5 rings (SSSR count). The number of aromatic nitrogens is 1. The first kappa shape index (κ1) is 17.7. The molecule has 4 aromatic rings. The van der Waals surface area contributed by atoms with Crippen LogP contribution in [-0.2, 0) is 6.54 Å². The Hall–Kier alpha value is -4.33. The predicted octanol–water partition coefficient (Wildman–Crippen LogP) is 4.20. The van der Waals surface area contributed by atoms with Crippen molar-refractivity contribution in [3.63, 3.8) is 0 Å². The molecule has 0 aliphatic carbocycles. The van der Waals surface area contributed by atoms with Gasteiger partial charge in [-0.1, -0.05) is 30.3 Å². The van der Waals surface area contributed by atoms with E-state index in [0.717, 1.165) is 5.56 Å². The lowest BCUT2D eigenvalue weighted by atomic mass is 10.1. The normalized spacial score (nSPS) is 13.1. The minimum Gasteiger partial charge on any atom is -0.436 e. The molecular weight excluding hydrogens is 386 g/mol. The van der Waals surface area contributed by atoms with Gasteiger partial charge in [-0.05, 0) is 29.8 Å². The van der Waals surface area contributed by atoms with E-state index in [1.54, 1.807) is 18.2 Å². The summed E-state index contributed by atoms with van der Waals surface area (Å²) in [7, 11) is 0. The Bertz CT molecular complexity index is 1340. The van der Waals surface area contributed by atoms with Crippen LogP contribution in [0.25, 0.3) is 22.6 Å². The molecule has 0 N–H and O–H groups in total. The number of oxazole rings is 1. The quantitative estimate of drug-likeness (QED) is 0.289. The van der Waals surface area contributed by atoms with Crippen molar-refractivity contribution in [2.45, 2.75) is 6.54 Å². The van der Waals surface area contributed by atoms with Crippen LogP contribution < -0.4 is 0 Å². The van der Waals surface area contributed by atoms with E-state index in [0.29, 0.717) is 16.6 Å². The van der Waals surface area contributed by atoms with Gasteiger partial charge in [-0.3, -0.25) is 24.6 Å². The van der Waals surface area contributed by atoms with Crippen molar-refractivity contribution in [3.05, 3.63) is 93.5 Å². The maximum Gasteiger partial charge on any atom is 0.273 e. The molecule has 1 aliphatic rings. The highest BCUT2D eigenvalue weighted by Crippen LogP contribution is 2.31. The Morgan fingerprint density at radius 1 is 0.933 bits per heavy atom. The maximum atomic E-state index is 12.9. The van der Waals surface area contributed by atoms with Crippen LogP contribution in [0.3, 0.4) is 0 Å². The van der Waals surface area contributed by atoms with E-state index >= 15 is 0 Å². The van der Waals surface area contributed by atoms with Crippen molar-refractivity contribution in [2.24, 2.45) is 0 Å². The topological polar surface area (TPSA) is 107 Å². The number of hydrogen-bond acceptors (Lipinski definition) is 6. The highest BCUT2D eigenvalue weighted by atomic mass is 16.6. The van der Waals surface area contributed by atoms with Gasteiger partial charge in [0.05, 0.1) is 28.7 Å². The minimum absolute atomic E-state index is 0.100. The lowest BCUT2D eigenvalue weighted by Crippen LogP contribution is -2.29. The molecule has 30 heavy (non-hydrogen) atoms. The molecule has 2 amide bonds. The molecule has 0 fully saturated rings. The number of amides is 2. The van der Waals surface area contributed by atoms with Gasteiger partial charge in [0.1, 0.15) is 5.52 Å². The third kappa shape index (κ3) is 2.82. The lowest BCUT2D eigenvalue weighted by Gasteiger charge is -2.13. The molecule has 3 aromatic carbocycles. The maximum absolute atomic E-state index is 12.9. The molecule has 0 bridgehead atoms. The van der Waals surface area contributed by atoms with Crippen molar-refractivity contribution in [3.8, 4) is 11.5 Å². The molecular formula is C22H13N3O5. The lowest BCUT2D eigenvalue weighted by molar-refractivity contribution is -0.384. The van der Waals surface area contributed by atoms with Crippen molar-refractivity contribution < 1.29 is 18.9 Å². The SMILES string of the molecule is O=C1c2ccc(-c3nc4ccc([N+](=O)[O-])cc4o3)cc2C(=O)N1Cc1ccccc1. The van der Waals surface area contributed by atoms with Crippen LogP contribution in [0.5, 0.6) is 0 Å². The number of non-ortho nitro benzene ring substituents is 1. The number of nitro groups is 1. The Labute approximate surface area is 169 Å². The number of hydrogen-bond donors (Lipinski definition) is 0. The molecule has 0 unspecified atom stereocenters. The summed E-state index contributed by atoms with van der Waals surface area (Å²) in [5.41, 5.74) is 2.60. The number of carbonyl (C=O) groups excluding carboxylic acids is 2. The molecule has 1 aromatic heterocycles. The minimum atomic E-state index is -0.511. The van der Waals surface area contributed by atoms with E-state index in [1.807, 2.05) is 30.3 Å². The predicted molar refractivity (Wildman–Crippen MR) is 107 cm³/mol. The van der Waals surface area contributed by atoms with Crippen molar-refractivity contribution in [2.75, 3.05) is 0 Å². The molecule has 0 saturated carbocycles. The number of nitro benzene ring substituents is 1. The van der Waals surface area contributed by atoms with Crippen LogP contribution in [-0.4, -0.2) is 26.6 Å². The van der Waals surface area contributed by atoms with Gasteiger partial charge < -0.3 is 4.42 Å². The first-order valence-electron chi connectivity index (χ1n) is 9.11. The summed E-state index contributed by atoms with van der Waals surface area (Å²) < 4.78 is 5.66. The zero-order valence-corrected chi connectivity index (χ0v) is 15.4. The fourth-order valence-corrected chi connectivity index (χ4v) is 3.48. The molecule has 0 atom stereocenters. The number of benzene rings is 3. The van der Waals surface area contributed by atoms with Gasteiger partial charge in [0.2, 0.25) is 5.89 Å². The summed E-state index contributed by atoms with van der Waals surface area (Å²) >= 11 is 0. The first-order valence-corrected chi connectivity index (χ1v) is 9.11. The Morgan fingerprint density at radius 3 is 2.47 bits per heavy atom. The van der Waals surface area contributed by atoms with Gasteiger partial charge in [0, 0.05) is 11.6 Å². The molecule has 2 heterocycles. The van der Waals surface area contributed by atoms with Gasteiger partial charge in [0.15, 0.2) is 5.58 Å². The van der Waals surface area contributed by atoms with E-state index in [2.05, 4.69) is 4.98 Å². The number of imide groups is 1. The third-order valence-electron chi connectivity index (χ3n) is 4.98. The summed E-state index contributed by atoms with van der Waals surface area (Å²) in [6, 6.07) is 18.2. The fraction of sp³-hybridized carbons (Fsp3) is 0.0455. The number of nitrogens with zero attached hydrogens (tertiary/aromatic N) is 3. The second-order valence-corrected chi connectivity index (χ2v) is 6.87. The van der Waals surface area contributed by atoms with E-state index in [-0.39, 0.29) is 41.1 Å². The van der Waals surface area contributed by atoms with Crippen LogP contribution >= 0.6 is 0 Å². The monoisotopic (exact) mass is 399 g/mol. The highest BCUT2D eigenvalue weighted by molar-refractivity contribution is 6.21. The summed E-state index contributed by atoms with van der Waals surface area (Å²) in [5, 5.41) is 10.9. The van der Waals surface area contributed by atoms with E-state index in [1.165, 1.54) is 23.1 Å². The molecule has 146 valence electrons. The van der Waals surface area contributed by atoms with Gasteiger partial charge in [-0.25, -0.2) is 4.98 Å². The van der Waals surface area contributed by atoms with Crippen LogP contribution in [0.15, 0.2) is 71.1 Å². The number of rotatable bonds is 4. The second kappa shape index (κ2) is 6.63. The highest BCUT2D eigenvalue weighted by Gasteiger charge is 2.36. The largest absolute Gasteiger partial charge is 0.436 e. The molecule has 0 spiro atoms. The molecule has 8 nitrogen and oxygen atoms in total. The first-order chi connectivity index (χ1) is 14.5. The second-order valence-electron chi connectivity index (χ2n) is 6.87. The van der Waals surface area contributed by atoms with Crippen molar-refractivity contribution >= 4 is 28.6 Å². The van der Waals surface area contributed by atoms with E-state index in [4.69, 9.17) is 4.42 Å². The third-order valence-corrected chi connectivity index (χ3v) is 4.98. The van der Waals surface area contributed by atoms with Gasteiger partial charge >= 0.3 is 0 Å². The van der Waals surface area contributed by atoms with Crippen LogP contribution in [0.2, 0.25) is 0 Å². The molecule has 1 aliphatic heterocycles. The summed E-state index contributed by atoms with van der Waals surface area (Å²) in [6.07, 6.45) is 0. The Kier molecular flexibility index (Phi) is 3.92.